The number of rotatable bonds is 2. The normalized spacial score (nSPS) is 11.4. The molecule has 0 saturated heterocycles. The summed E-state index contributed by atoms with van der Waals surface area (Å²) in [5.41, 5.74) is -0.913. The van der Waals surface area contributed by atoms with E-state index in [1.54, 1.807) is 0 Å². The molecule has 1 nitrogen and oxygen atoms in total. The van der Waals surface area contributed by atoms with Crippen LogP contribution >= 0.6 is 23.2 Å². The van der Waals surface area contributed by atoms with Crippen LogP contribution in [0.5, 0.6) is 0 Å². The van der Waals surface area contributed by atoms with Crippen molar-refractivity contribution in [3.8, 4) is 0 Å². The largest absolute Gasteiger partial charge is 0.416 e. The van der Waals surface area contributed by atoms with Gasteiger partial charge in [-0.3, -0.25) is 4.79 Å². The molecule has 0 atom stereocenters. The van der Waals surface area contributed by atoms with E-state index in [0.29, 0.717) is 0 Å². The van der Waals surface area contributed by atoms with Gasteiger partial charge in [0.1, 0.15) is 0 Å². The summed E-state index contributed by atoms with van der Waals surface area (Å²) in [5, 5.41) is 0.418. The van der Waals surface area contributed by atoms with Crippen molar-refractivity contribution in [2.75, 3.05) is 0 Å². The van der Waals surface area contributed by atoms with Crippen molar-refractivity contribution in [3.63, 3.8) is 0 Å². The highest BCUT2D eigenvalue weighted by atomic mass is 35.5. The van der Waals surface area contributed by atoms with Crippen molar-refractivity contribution in [2.45, 2.75) is 6.18 Å². The number of hydrogen-bond donors (Lipinski definition) is 0. The van der Waals surface area contributed by atoms with Crippen molar-refractivity contribution in [1.29, 1.82) is 0 Å². The van der Waals surface area contributed by atoms with Crippen LogP contribution in [0.2, 0.25) is 10.0 Å². The third-order valence-corrected chi connectivity index (χ3v) is 3.19. The van der Waals surface area contributed by atoms with Gasteiger partial charge in [0.05, 0.1) is 10.6 Å². The Morgan fingerprint density at radius 1 is 1.00 bits per heavy atom. The van der Waals surface area contributed by atoms with Crippen molar-refractivity contribution >= 4 is 29.0 Å². The Bertz CT molecular complexity index is 666. The molecule has 0 aliphatic heterocycles. The first kappa shape index (κ1) is 14.9. The average Bonchev–Trinajstić information content (AvgIpc) is 2.40. The lowest BCUT2D eigenvalue weighted by atomic mass is 10.0. The third-order valence-electron chi connectivity index (χ3n) is 2.63. The molecule has 0 unspecified atom stereocenters. The summed E-state index contributed by atoms with van der Waals surface area (Å²) < 4.78 is 37.9. The molecule has 0 bridgehead atoms. The van der Waals surface area contributed by atoms with Gasteiger partial charge in [-0.15, -0.1) is 0 Å². The molecule has 2 aromatic carbocycles. The molecular formula is C14H7Cl2F3O. The third kappa shape index (κ3) is 3.14. The van der Waals surface area contributed by atoms with E-state index in [9.17, 15) is 18.0 Å². The number of alkyl halides is 3. The summed E-state index contributed by atoms with van der Waals surface area (Å²) >= 11 is 11.6. The molecule has 0 amide bonds. The first-order chi connectivity index (χ1) is 9.29. The Morgan fingerprint density at radius 3 is 2.35 bits per heavy atom. The molecule has 0 heterocycles. The Morgan fingerprint density at radius 2 is 1.70 bits per heavy atom. The van der Waals surface area contributed by atoms with Gasteiger partial charge in [0.15, 0.2) is 5.78 Å². The molecule has 104 valence electrons. The highest BCUT2D eigenvalue weighted by Gasteiger charge is 2.31. The molecule has 0 aromatic heterocycles. The maximum Gasteiger partial charge on any atom is 0.416 e. The molecule has 0 N–H and O–H groups in total. The Hall–Kier alpha value is -1.52. The smallest absolute Gasteiger partial charge is 0.289 e. The van der Waals surface area contributed by atoms with Gasteiger partial charge in [0, 0.05) is 16.1 Å². The molecule has 2 rings (SSSR count). The Labute approximate surface area is 122 Å². The fourth-order valence-corrected chi connectivity index (χ4v) is 2.04. The van der Waals surface area contributed by atoms with Crippen LogP contribution in [-0.4, -0.2) is 5.78 Å². The van der Waals surface area contributed by atoms with Crippen LogP contribution in [0.3, 0.4) is 0 Å². The van der Waals surface area contributed by atoms with E-state index in [-0.39, 0.29) is 21.2 Å². The number of halogens is 5. The van der Waals surface area contributed by atoms with Gasteiger partial charge in [0.25, 0.3) is 0 Å². The SMILES string of the molecule is O=C(c1cccc(C(F)(F)F)c1)c1cc(Cl)ccc1Cl. The summed E-state index contributed by atoms with van der Waals surface area (Å²) in [4.78, 5) is 12.2. The van der Waals surface area contributed by atoms with Gasteiger partial charge < -0.3 is 0 Å². The molecule has 0 spiro atoms. The van der Waals surface area contributed by atoms with Crippen LogP contribution in [0, 0.1) is 0 Å². The van der Waals surface area contributed by atoms with Crippen molar-refractivity contribution < 1.29 is 18.0 Å². The van der Waals surface area contributed by atoms with Crippen LogP contribution in [0.15, 0.2) is 42.5 Å². The van der Waals surface area contributed by atoms with Crippen molar-refractivity contribution in [3.05, 3.63) is 69.2 Å². The maximum atomic E-state index is 12.6. The van der Waals surface area contributed by atoms with Gasteiger partial charge in [-0.2, -0.15) is 13.2 Å². The van der Waals surface area contributed by atoms with Crippen LogP contribution in [0.25, 0.3) is 0 Å². The van der Waals surface area contributed by atoms with E-state index in [2.05, 4.69) is 0 Å². The van der Waals surface area contributed by atoms with Crippen molar-refractivity contribution in [2.24, 2.45) is 0 Å². The molecule has 0 radical (unpaired) electrons. The lowest BCUT2D eigenvalue weighted by Gasteiger charge is -2.09. The molecule has 2 aromatic rings. The summed E-state index contributed by atoms with van der Waals surface area (Å²) in [6.45, 7) is 0. The van der Waals surface area contributed by atoms with Crippen LogP contribution in [-0.2, 0) is 6.18 Å². The van der Waals surface area contributed by atoms with Gasteiger partial charge in [-0.25, -0.2) is 0 Å². The number of benzene rings is 2. The fourth-order valence-electron chi connectivity index (χ4n) is 1.66. The highest BCUT2D eigenvalue weighted by Crippen LogP contribution is 2.30. The monoisotopic (exact) mass is 318 g/mol. The molecule has 6 heteroatoms. The zero-order valence-electron chi connectivity index (χ0n) is 9.84. The van der Waals surface area contributed by atoms with Crippen LogP contribution in [0.1, 0.15) is 21.5 Å². The molecule has 0 saturated carbocycles. The van der Waals surface area contributed by atoms with E-state index in [1.807, 2.05) is 0 Å². The molecule has 0 fully saturated rings. The van der Waals surface area contributed by atoms with E-state index in [4.69, 9.17) is 23.2 Å². The van der Waals surface area contributed by atoms with E-state index < -0.39 is 17.5 Å². The minimum absolute atomic E-state index is 0.0680. The second-order valence-electron chi connectivity index (χ2n) is 4.03. The molecule has 0 aliphatic rings. The number of ketones is 1. The maximum absolute atomic E-state index is 12.6. The summed E-state index contributed by atoms with van der Waals surface area (Å²) in [5.74, 6) is -0.608. The second kappa shape index (κ2) is 5.46. The zero-order valence-corrected chi connectivity index (χ0v) is 11.4. The predicted molar refractivity (Wildman–Crippen MR) is 71.3 cm³/mol. The zero-order chi connectivity index (χ0) is 14.9. The summed E-state index contributed by atoms with van der Waals surface area (Å²) in [6.07, 6.45) is -4.51. The topological polar surface area (TPSA) is 17.1 Å². The van der Waals surface area contributed by atoms with Crippen LogP contribution in [0.4, 0.5) is 13.2 Å². The van der Waals surface area contributed by atoms with Gasteiger partial charge in [-0.05, 0) is 30.3 Å². The fraction of sp³-hybridized carbons (Fsp3) is 0.0714. The lowest BCUT2D eigenvalue weighted by Crippen LogP contribution is -2.08. The highest BCUT2D eigenvalue weighted by molar-refractivity contribution is 6.36. The Balaban J connectivity index is 2.46. The lowest BCUT2D eigenvalue weighted by molar-refractivity contribution is -0.137. The van der Waals surface area contributed by atoms with Gasteiger partial charge >= 0.3 is 6.18 Å². The van der Waals surface area contributed by atoms with Gasteiger partial charge in [0.2, 0.25) is 0 Å². The number of hydrogen-bond acceptors (Lipinski definition) is 1. The average molecular weight is 319 g/mol. The number of carbonyl (C=O) groups is 1. The van der Waals surface area contributed by atoms with E-state index in [1.165, 1.54) is 30.3 Å². The molecular weight excluding hydrogens is 312 g/mol. The first-order valence-corrected chi connectivity index (χ1v) is 6.21. The van der Waals surface area contributed by atoms with Crippen molar-refractivity contribution in [1.82, 2.24) is 0 Å². The number of carbonyl (C=O) groups excluding carboxylic acids is 1. The molecule has 0 aliphatic carbocycles. The van der Waals surface area contributed by atoms with Crippen LogP contribution < -0.4 is 0 Å². The molecule has 20 heavy (non-hydrogen) atoms. The summed E-state index contributed by atoms with van der Waals surface area (Å²) in [7, 11) is 0. The predicted octanol–water partition coefficient (Wildman–Crippen LogP) is 5.24. The minimum atomic E-state index is -4.51. The second-order valence-corrected chi connectivity index (χ2v) is 4.88. The van der Waals surface area contributed by atoms with Gasteiger partial charge in [-0.1, -0.05) is 35.3 Å². The first-order valence-electron chi connectivity index (χ1n) is 5.46. The van der Waals surface area contributed by atoms with E-state index >= 15 is 0 Å². The van der Waals surface area contributed by atoms with E-state index in [0.717, 1.165) is 12.1 Å². The quantitative estimate of drug-likeness (QED) is 0.692. The Kier molecular flexibility index (Phi) is 4.06. The summed E-state index contributed by atoms with van der Waals surface area (Å²) in [6, 6.07) is 8.41. The standard InChI is InChI=1S/C14H7Cl2F3O/c15-10-4-5-12(16)11(7-10)13(20)8-2-1-3-9(6-8)14(17,18)19/h1-7H. The minimum Gasteiger partial charge on any atom is -0.289 e.